The maximum Gasteiger partial charge on any atom is 0.123 e. The molecule has 0 bridgehead atoms. The highest BCUT2D eigenvalue weighted by molar-refractivity contribution is 5.88. The predicted octanol–water partition coefficient (Wildman–Crippen LogP) is 16.2. The second kappa shape index (κ2) is 14.2. The second-order valence-corrected chi connectivity index (χ2v) is 21.3. The molecule has 0 N–H and O–H groups in total. The van der Waals surface area contributed by atoms with Crippen LogP contribution in [0, 0.1) is 0 Å². The molecule has 66 heavy (non-hydrogen) atoms. The van der Waals surface area contributed by atoms with Crippen LogP contribution < -0.4 is 19.3 Å². The van der Waals surface area contributed by atoms with Crippen molar-refractivity contribution in [3.63, 3.8) is 0 Å². The molecule has 0 saturated heterocycles. The van der Waals surface area contributed by atoms with Crippen LogP contribution >= 0.6 is 0 Å². The molecule has 2 heterocycles. The zero-order valence-electron chi connectivity index (χ0n) is 39.3. The summed E-state index contributed by atoms with van der Waals surface area (Å²) in [7, 11) is 0. The van der Waals surface area contributed by atoms with Gasteiger partial charge in [-0.05, 0) is 141 Å². The Morgan fingerprint density at radius 2 is 0.636 bits per heavy atom. The van der Waals surface area contributed by atoms with Crippen LogP contribution in [0.2, 0.25) is 0 Å². The van der Waals surface area contributed by atoms with Crippen LogP contribution in [0.4, 0.5) is 34.1 Å². The van der Waals surface area contributed by atoms with Crippen molar-refractivity contribution >= 4 is 34.1 Å². The molecule has 0 unspecified atom stereocenters. The molecule has 0 amide bonds. The normalized spacial score (nSPS) is 16.8. The van der Waals surface area contributed by atoms with Gasteiger partial charge in [0, 0.05) is 66.9 Å². The van der Waals surface area contributed by atoms with Crippen molar-refractivity contribution in [2.24, 2.45) is 0 Å². The van der Waals surface area contributed by atoms with Crippen LogP contribution in [0.25, 0.3) is 33.4 Å². The number of anilines is 6. The van der Waals surface area contributed by atoms with Gasteiger partial charge in [0.25, 0.3) is 0 Å². The Hall–Kier alpha value is -7.04. The van der Waals surface area contributed by atoms with Gasteiger partial charge in [-0.15, -0.1) is 0 Å². The van der Waals surface area contributed by atoms with Crippen molar-refractivity contribution in [3.05, 3.63) is 203 Å². The average molecular weight is 861 g/mol. The fraction of sp³-hybridized carbons (Fsp3) is 0.226. The van der Waals surface area contributed by atoms with Gasteiger partial charge in [-0.2, -0.15) is 0 Å². The van der Waals surface area contributed by atoms with Crippen LogP contribution in [0.1, 0.15) is 88.8 Å². The molecule has 2 aliphatic heterocycles. The minimum absolute atomic E-state index is 0.0707. The van der Waals surface area contributed by atoms with E-state index in [0.717, 1.165) is 45.6 Å². The van der Waals surface area contributed by atoms with Gasteiger partial charge in [0.15, 0.2) is 0 Å². The van der Waals surface area contributed by atoms with Crippen LogP contribution in [0.3, 0.4) is 0 Å². The molecule has 8 aromatic carbocycles. The number of hydrogen-bond acceptors (Lipinski definition) is 4. The molecule has 0 spiro atoms. The third kappa shape index (κ3) is 6.10. The number of hydrogen-bond donors (Lipinski definition) is 0. The Morgan fingerprint density at radius 3 is 1.03 bits per heavy atom. The topological polar surface area (TPSA) is 24.9 Å². The van der Waals surface area contributed by atoms with E-state index in [9.17, 15) is 0 Å². The fourth-order valence-corrected chi connectivity index (χ4v) is 11.5. The first-order valence-corrected chi connectivity index (χ1v) is 23.5. The first kappa shape index (κ1) is 40.5. The van der Waals surface area contributed by atoms with Crippen LogP contribution in [0.5, 0.6) is 11.5 Å². The maximum atomic E-state index is 6.16. The first-order chi connectivity index (χ1) is 31.7. The zero-order valence-corrected chi connectivity index (χ0v) is 39.3. The third-order valence-corrected chi connectivity index (χ3v) is 15.3. The molecular weight excluding hydrogens is 805 g/mol. The lowest BCUT2D eigenvalue weighted by Gasteiger charge is -2.29. The molecule has 4 nitrogen and oxygen atoms in total. The summed E-state index contributed by atoms with van der Waals surface area (Å²) in [6.07, 6.45) is 0. The van der Waals surface area contributed by atoms with Crippen LogP contribution in [0.15, 0.2) is 170 Å². The van der Waals surface area contributed by atoms with E-state index in [2.05, 4.69) is 235 Å². The number of rotatable bonds is 7. The average Bonchev–Trinajstić information content (AvgIpc) is 3.96. The SMILES string of the molecule is CC1(C)COc2ccc(N(c3ccc(-c4ccc(N(c5ccc6c(c5)C(C)(C)CO6)c5ccc6c(c5)C(C)(C)c5ccccc5-6)cc4)cc3)c3ccc4c(c3)C(C)(C)c3ccccc3-4)cc21. The minimum Gasteiger partial charge on any atom is -0.492 e. The van der Waals surface area contributed by atoms with Crippen molar-refractivity contribution in [1.29, 1.82) is 0 Å². The molecule has 2 aliphatic carbocycles. The Labute approximate surface area is 390 Å². The summed E-state index contributed by atoms with van der Waals surface area (Å²) in [5.74, 6) is 1.96. The van der Waals surface area contributed by atoms with Gasteiger partial charge >= 0.3 is 0 Å². The molecule has 0 atom stereocenters. The number of benzene rings is 8. The van der Waals surface area contributed by atoms with E-state index in [1.165, 1.54) is 66.8 Å². The first-order valence-electron chi connectivity index (χ1n) is 23.5. The van der Waals surface area contributed by atoms with Gasteiger partial charge in [-0.1, -0.05) is 140 Å². The van der Waals surface area contributed by atoms with Crippen molar-refractivity contribution in [2.45, 2.75) is 77.0 Å². The van der Waals surface area contributed by atoms with Gasteiger partial charge in [-0.25, -0.2) is 0 Å². The molecule has 8 aromatic rings. The molecule has 0 aromatic heterocycles. The highest BCUT2D eigenvalue weighted by atomic mass is 16.5. The predicted molar refractivity (Wildman–Crippen MR) is 273 cm³/mol. The van der Waals surface area contributed by atoms with E-state index in [-0.39, 0.29) is 21.7 Å². The Balaban J connectivity index is 0.919. The number of nitrogens with zero attached hydrogens (tertiary/aromatic N) is 2. The van der Waals surface area contributed by atoms with Crippen LogP contribution in [-0.4, -0.2) is 13.2 Å². The standard InChI is InChI=1S/C62H56N2O2/c1-59(2)37-65-57-31-27-45(35-55(57)59)63(43-25-29-49-47-13-9-11-15-51(47)61(5,6)53(49)33-43)41-21-17-39(18-22-41)40-19-23-42(24-20-40)64(46-28-32-58-56(36-46)60(3,4)38-66-58)44-26-30-50-48-14-10-12-16-52(48)62(7,8)54(50)34-44/h9-36H,37-38H2,1-8H3. The Kier molecular flexibility index (Phi) is 8.72. The summed E-state index contributed by atoms with van der Waals surface area (Å²) in [6.45, 7) is 19.9. The summed E-state index contributed by atoms with van der Waals surface area (Å²) in [5, 5.41) is 0. The summed E-state index contributed by atoms with van der Waals surface area (Å²) in [5.41, 5.74) is 22.0. The molecule has 0 radical (unpaired) electrons. The minimum atomic E-state index is -0.110. The van der Waals surface area contributed by atoms with Crippen molar-refractivity contribution in [1.82, 2.24) is 0 Å². The summed E-state index contributed by atoms with van der Waals surface area (Å²) in [6, 6.07) is 63.4. The lowest BCUT2D eigenvalue weighted by atomic mass is 9.82. The second-order valence-electron chi connectivity index (χ2n) is 21.3. The van der Waals surface area contributed by atoms with Gasteiger partial charge in [0.2, 0.25) is 0 Å². The highest BCUT2D eigenvalue weighted by Crippen LogP contribution is 2.53. The number of ether oxygens (including phenoxy) is 2. The lowest BCUT2D eigenvalue weighted by molar-refractivity contribution is 0.291. The summed E-state index contributed by atoms with van der Waals surface area (Å²) >= 11 is 0. The maximum absolute atomic E-state index is 6.16. The van der Waals surface area contributed by atoms with E-state index in [1.54, 1.807) is 0 Å². The Morgan fingerprint density at radius 1 is 0.318 bits per heavy atom. The summed E-state index contributed by atoms with van der Waals surface area (Å²) in [4.78, 5) is 4.83. The van der Waals surface area contributed by atoms with Crippen molar-refractivity contribution in [3.8, 4) is 44.9 Å². The lowest BCUT2D eigenvalue weighted by Crippen LogP contribution is -2.19. The Bertz CT molecular complexity index is 3040. The van der Waals surface area contributed by atoms with Gasteiger partial charge < -0.3 is 19.3 Å². The molecule has 0 saturated carbocycles. The highest BCUT2D eigenvalue weighted by Gasteiger charge is 2.39. The quantitative estimate of drug-likeness (QED) is 0.159. The summed E-state index contributed by atoms with van der Waals surface area (Å²) < 4.78 is 12.3. The third-order valence-electron chi connectivity index (χ3n) is 15.3. The smallest absolute Gasteiger partial charge is 0.123 e. The molecule has 0 fully saturated rings. The van der Waals surface area contributed by atoms with E-state index < -0.39 is 0 Å². The fourth-order valence-electron chi connectivity index (χ4n) is 11.5. The molecule has 12 rings (SSSR count). The van der Waals surface area contributed by atoms with E-state index in [1.807, 2.05) is 0 Å². The monoisotopic (exact) mass is 860 g/mol. The van der Waals surface area contributed by atoms with Gasteiger partial charge in [0.05, 0.1) is 13.2 Å². The molecule has 4 aliphatic rings. The van der Waals surface area contributed by atoms with Crippen molar-refractivity contribution in [2.75, 3.05) is 23.0 Å². The number of fused-ring (bicyclic) bond motifs is 8. The molecule has 326 valence electrons. The van der Waals surface area contributed by atoms with E-state index >= 15 is 0 Å². The zero-order chi connectivity index (χ0) is 45.3. The van der Waals surface area contributed by atoms with Crippen molar-refractivity contribution < 1.29 is 9.47 Å². The molecule has 4 heteroatoms. The van der Waals surface area contributed by atoms with Gasteiger partial charge in [0.1, 0.15) is 11.5 Å². The van der Waals surface area contributed by atoms with Gasteiger partial charge in [-0.3, -0.25) is 0 Å². The largest absolute Gasteiger partial charge is 0.492 e. The van der Waals surface area contributed by atoms with Crippen LogP contribution in [-0.2, 0) is 21.7 Å². The van der Waals surface area contributed by atoms with E-state index in [0.29, 0.717) is 13.2 Å². The van der Waals surface area contributed by atoms with E-state index in [4.69, 9.17) is 9.47 Å². The molecular formula is C62H56N2O2.